The standard InChI is InChI=1S/C20H31N7O.HI/c1-21-20(23-13-18(25(2)3)17-12-24-27(6)14-17)22-11-15-7-9-16(10-8-15)19(28)26(4)5;/h7-10,12,14,18H,11,13H2,1-6H3,(H2,21,22,23);1H. The summed E-state index contributed by atoms with van der Waals surface area (Å²) in [5.41, 5.74) is 2.91. The van der Waals surface area contributed by atoms with E-state index >= 15 is 0 Å². The number of nitrogens with zero attached hydrogens (tertiary/aromatic N) is 5. The van der Waals surface area contributed by atoms with Crippen molar-refractivity contribution in [3.05, 3.63) is 53.3 Å². The highest BCUT2D eigenvalue weighted by molar-refractivity contribution is 14.0. The zero-order valence-electron chi connectivity index (χ0n) is 18.0. The number of aryl methyl sites for hydroxylation is 1. The van der Waals surface area contributed by atoms with E-state index in [0.29, 0.717) is 18.7 Å². The lowest BCUT2D eigenvalue weighted by Gasteiger charge is -2.24. The van der Waals surface area contributed by atoms with Crippen LogP contribution < -0.4 is 10.6 Å². The number of aliphatic imine (C=N–C) groups is 1. The monoisotopic (exact) mass is 513 g/mol. The number of amides is 1. The van der Waals surface area contributed by atoms with Gasteiger partial charge in [0.15, 0.2) is 5.96 Å². The van der Waals surface area contributed by atoms with Crippen molar-refractivity contribution in [2.75, 3.05) is 41.8 Å². The van der Waals surface area contributed by atoms with Gasteiger partial charge in [0.05, 0.1) is 12.2 Å². The lowest BCUT2D eigenvalue weighted by molar-refractivity contribution is 0.0827. The predicted molar refractivity (Wildman–Crippen MR) is 128 cm³/mol. The summed E-state index contributed by atoms with van der Waals surface area (Å²) in [5, 5.41) is 10.9. The largest absolute Gasteiger partial charge is 0.354 e. The minimum Gasteiger partial charge on any atom is -0.354 e. The molecule has 2 aromatic rings. The Labute approximate surface area is 190 Å². The molecule has 0 aliphatic rings. The van der Waals surface area contributed by atoms with Crippen LogP contribution in [0.4, 0.5) is 0 Å². The number of hydrogen-bond donors (Lipinski definition) is 2. The van der Waals surface area contributed by atoms with Gasteiger partial charge in [-0.2, -0.15) is 5.10 Å². The number of guanidine groups is 1. The Morgan fingerprint density at radius 3 is 2.31 bits per heavy atom. The Bertz CT molecular complexity index is 799. The first-order chi connectivity index (χ1) is 13.3. The molecule has 1 aromatic carbocycles. The van der Waals surface area contributed by atoms with Gasteiger partial charge >= 0.3 is 0 Å². The van der Waals surface area contributed by atoms with Crippen molar-refractivity contribution in [1.82, 2.24) is 30.2 Å². The van der Waals surface area contributed by atoms with Crippen molar-refractivity contribution in [2.24, 2.45) is 12.0 Å². The molecular formula is C20H32IN7O. The highest BCUT2D eigenvalue weighted by Crippen LogP contribution is 2.16. The second kappa shape index (κ2) is 11.8. The second-order valence-electron chi connectivity index (χ2n) is 7.13. The van der Waals surface area contributed by atoms with Crippen molar-refractivity contribution in [1.29, 1.82) is 0 Å². The summed E-state index contributed by atoms with van der Waals surface area (Å²) in [4.78, 5) is 20.0. The quantitative estimate of drug-likeness (QED) is 0.335. The van der Waals surface area contributed by atoms with Gasteiger partial charge in [-0.25, -0.2) is 0 Å². The summed E-state index contributed by atoms with van der Waals surface area (Å²) in [6.45, 7) is 1.32. The van der Waals surface area contributed by atoms with Crippen LogP contribution in [0.5, 0.6) is 0 Å². The average Bonchev–Trinajstić information content (AvgIpc) is 3.09. The summed E-state index contributed by atoms with van der Waals surface area (Å²) in [7, 11) is 11.3. The van der Waals surface area contributed by atoms with Gasteiger partial charge < -0.3 is 20.4 Å². The molecule has 1 heterocycles. The number of aromatic nitrogens is 2. The van der Waals surface area contributed by atoms with Gasteiger partial charge in [-0.3, -0.25) is 14.5 Å². The first-order valence-electron chi connectivity index (χ1n) is 9.22. The van der Waals surface area contributed by atoms with E-state index in [4.69, 9.17) is 0 Å². The Kier molecular flexibility index (Phi) is 10.1. The van der Waals surface area contributed by atoms with Gasteiger partial charge in [-0.15, -0.1) is 24.0 Å². The molecule has 0 aliphatic carbocycles. The maximum atomic E-state index is 12.0. The Balaban J connectivity index is 0.00000420. The third kappa shape index (κ3) is 7.32. The maximum absolute atomic E-state index is 12.0. The molecule has 1 unspecified atom stereocenters. The third-order valence-electron chi connectivity index (χ3n) is 4.49. The summed E-state index contributed by atoms with van der Waals surface area (Å²) < 4.78 is 1.81. The van der Waals surface area contributed by atoms with Gasteiger partial charge in [0.2, 0.25) is 0 Å². The summed E-state index contributed by atoms with van der Waals surface area (Å²) >= 11 is 0. The van der Waals surface area contributed by atoms with Crippen LogP contribution in [0.1, 0.15) is 27.5 Å². The fourth-order valence-electron chi connectivity index (χ4n) is 2.83. The minimum atomic E-state index is 0. The van der Waals surface area contributed by atoms with Crippen LogP contribution in [0, 0.1) is 0 Å². The Morgan fingerprint density at radius 1 is 1.17 bits per heavy atom. The van der Waals surface area contributed by atoms with E-state index < -0.39 is 0 Å². The van der Waals surface area contributed by atoms with E-state index in [0.717, 1.165) is 17.1 Å². The van der Waals surface area contributed by atoms with E-state index in [9.17, 15) is 4.79 Å². The number of nitrogens with one attached hydrogen (secondary N) is 2. The number of hydrogen-bond acceptors (Lipinski definition) is 4. The Hall–Kier alpha value is -2.14. The molecule has 0 fully saturated rings. The second-order valence-corrected chi connectivity index (χ2v) is 7.13. The zero-order valence-corrected chi connectivity index (χ0v) is 20.3. The minimum absolute atomic E-state index is 0. The zero-order chi connectivity index (χ0) is 20.7. The molecule has 0 bridgehead atoms. The lowest BCUT2D eigenvalue weighted by atomic mass is 10.1. The fraction of sp³-hybridized carbons (Fsp3) is 0.450. The molecule has 1 aromatic heterocycles. The molecule has 0 spiro atoms. The molecular weight excluding hydrogens is 481 g/mol. The molecule has 8 nitrogen and oxygen atoms in total. The first-order valence-corrected chi connectivity index (χ1v) is 9.22. The number of halogens is 1. The molecule has 160 valence electrons. The molecule has 0 radical (unpaired) electrons. The average molecular weight is 513 g/mol. The van der Waals surface area contributed by atoms with Crippen molar-refractivity contribution < 1.29 is 4.79 Å². The van der Waals surface area contributed by atoms with Crippen LogP contribution in [0.3, 0.4) is 0 Å². The summed E-state index contributed by atoms with van der Waals surface area (Å²) in [6.07, 6.45) is 3.91. The number of carbonyl (C=O) groups excluding carboxylic acids is 1. The van der Waals surface area contributed by atoms with E-state index in [1.165, 1.54) is 0 Å². The van der Waals surface area contributed by atoms with Crippen molar-refractivity contribution in [3.63, 3.8) is 0 Å². The lowest BCUT2D eigenvalue weighted by Crippen LogP contribution is -2.41. The topological polar surface area (TPSA) is 77.8 Å². The van der Waals surface area contributed by atoms with E-state index in [1.807, 2.05) is 62.5 Å². The molecule has 0 saturated heterocycles. The van der Waals surface area contributed by atoms with Crippen LogP contribution in [0.15, 0.2) is 41.7 Å². The highest BCUT2D eigenvalue weighted by atomic mass is 127. The molecule has 2 N–H and O–H groups in total. The van der Waals surface area contributed by atoms with Gasteiger partial charge in [-0.1, -0.05) is 12.1 Å². The Morgan fingerprint density at radius 2 is 1.83 bits per heavy atom. The first kappa shape index (κ1) is 24.9. The van der Waals surface area contributed by atoms with Crippen molar-refractivity contribution in [3.8, 4) is 0 Å². The van der Waals surface area contributed by atoms with Gasteiger partial charge in [0.25, 0.3) is 5.91 Å². The molecule has 9 heteroatoms. The molecule has 0 aliphatic heterocycles. The van der Waals surface area contributed by atoms with Crippen LogP contribution in [0.2, 0.25) is 0 Å². The molecule has 1 amide bonds. The van der Waals surface area contributed by atoms with Gasteiger partial charge in [0.1, 0.15) is 0 Å². The molecule has 29 heavy (non-hydrogen) atoms. The molecule has 0 saturated carbocycles. The third-order valence-corrected chi connectivity index (χ3v) is 4.49. The van der Waals surface area contributed by atoms with Crippen molar-refractivity contribution >= 4 is 35.8 Å². The van der Waals surface area contributed by atoms with E-state index in [-0.39, 0.29) is 35.9 Å². The predicted octanol–water partition coefficient (Wildman–Crippen LogP) is 1.71. The van der Waals surface area contributed by atoms with E-state index in [1.54, 1.807) is 26.0 Å². The molecule has 2 rings (SSSR count). The SMILES string of the molecule is CN=C(NCc1ccc(C(=O)N(C)C)cc1)NCC(c1cnn(C)c1)N(C)C.I. The highest BCUT2D eigenvalue weighted by Gasteiger charge is 2.16. The normalized spacial score (nSPS) is 12.3. The van der Waals surface area contributed by atoms with Gasteiger partial charge in [0, 0.05) is 58.6 Å². The van der Waals surface area contributed by atoms with Crippen LogP contribution in [-0.2, 0) is 13.6 Å². The van der Waals surface area contributed by atoms with Crippen LogP contribution in [-0.4, -0.2) is 73.2 Å². The fourth-order valence-corrected chi connectivity index (χ4v) is 2.83. The number of carbonyl (C=O) groups is 1. The number of likely N-dealkylation sites (N-methyl/N-ethyl adjacent to an activating group) is 1. The summed E-state index contributed by atoms with van der Waals surface area (Å²) in [6, 6.07) is 7.79. The molecule has 1 atom stereocenters. The van der Waals surface area contributed by atoms with Crippen molar-refractivity contribution in [2.45, 2.75) is 12.6 Å². The van der Waals surface area contributed by atoms with Crippen LogP contribution >= 0.6 is 24.0 Å². The van der Waals surface area contributed by atoms with E-state index in [2.05, 4.69) is 25.6 Å². The van der Waals surface area contributed by atoms with Gasteiger partial charge in [-0.05, 0) is 31.8 Å². The number of benzene rings is 1. The maximum Gasteiger partial charge on any atom is 0.253 e. The smallest absolute Gasteiger partial charge is 0.253 e. The number of rotatable bonds is 7. The van der Waals surface area contributed by atoms with Crippen LogP contribution in [0.25, 0.3) is 0 Å². The summed E-state index contributed by atoms with van der Waals surface area (Å²) in [5.74, 6) is 0.728.